The van der Waals surface area contributed by atoms with Gasteiger partial charge in [-0.25, -0.2) is 0 Å². The van der Waals surface area contributed by atoms with E-state index < -0.39 is 11.0 Å². The molecule has 0 aliphatic rings. The third kappa shape index (κ3) is 4.58. The lowest BCUT2D eigenvalue weighted by molar-refractivity contribution is -0.384. The van der Waals surface area contributed by atoms with E-state index in [4.69, 9.17) is 27.9 Å². The van der Waals surface area contributed by atoms with E-state index in [0.29, 0.717) is 10.7 Å². The highest BCUT2D eigenvalue weighted by molar-refractivity contribution is 6.32. The van der Waals surface area contributed by atoms with Crippen LogP contribution in [-0.4, -0.2) is 16.9 Å². The van der Waals surface area contributed by atoms with Gasteiger partial charge in [0.05, 0.1) is 9.95 Å². The Labute approximate surface area is 142 Å². The lowest BCUT2D eigenvalue weighted by Gasteiger charge is -2.15. The number of halogens is 2. The molecule has 0 heterocycles. The van der Waals surface area contributed by atoms with Crippen LogP contribution in [0.25, 0.3) is 0 Å². The van der Waals surface area contributed by atoms with Gasteiger partial charge in [0.1, 0.15) is 5.75 Å². The topological polar surface area (TPSA) is 81.5 Å². The average molecular weight is 355 g/mol. The molecule has 8 heteroatoms. The summed E-state index contributed by atoms with van der Waals surface area (Å²) in [6.45, 7) is 1.54. The highest BCUT2D eigenvalue weighted by atomic mass is 35.5. The molecule has 0 unspecified atom stereocenters. The number of carbonyl (C=O) groups is 1. The first-order valence-corrected chi connectivity index (χ1v) is 7.29. The van der Waals surface area contributed by atoms with Crippen LogP contribution in [0.4, 0.5) is 11.4 Å². The minimum absolute atomic E-state index is 0.0605. The summed E-state index contributed by atoms with van der Waals surface area (Å²) >= 11 is 11.7. The van der Waals surface area contributed by atoms with Gasteiger partial charge in [-0.05, 0) is 37.3 Å². The predicted molar refractivity (Wildman–Crippen MR) is 88.3 cm³/mol. The number of benzene rings is 2. The SMILES string of the molecule is C[C@@H](Oc1ccc([N+](=O)[O-])cc1Cl)C(=O)Nc1ccc(Cl)cc1. The number of carbonyl (C=O) groups excluding carboxylic acids is 1. The first-order valence-electron chi connectivity index (χ1n) is 6.54. The Balaban J connectivity index is 2.03. The van der Waals surface area contributed by atoms with E-state index in [1.165, 1.54) is 18.2 Å². The van der Waals surface area contributed by atoms with Crippen LogP contribution in [0.3, 0.4) is 0 Å². The van der Waals surface area contributed by atoms with Crippen LogP contribution in [0.5, 0.6) is 5.75 Å². The monoisotopic (exact) mass is 354 g/mol. The number of amides is 1. The lowest BCUT2D eigenvalue weighted by Crippen LogP contribution is -2.30. The maximum absolute atomic E-state index is 12.1. The maximum Gasteiger partial charge on any atom is 0.271 e. The number of nitro benzene ring substituents is 1. The molecule has 0 aliphatic heterocycles. The second kappa shape index (κ2) is 7.30. The van der Waals surface area contributed by atoms with Gasteiger partial charge in [-0.3, -0.25) is 14.9 Å². The molecule has 0 radical (unpaired) electrons. The molecule has 2 rings (SSSR count). The van der Waals surface area contributed by atoms with Crippen LogP contribution in [0.15, 0.2) is 42.5 Å². The molecular formula is C15H12Cl2N2O4. The molecule has 0 saturated heterocycles. The summed E-state index contributed by atoms with van der Waals surface area (Å²) in [4.78, 5) is 22.2. The summed E-state index contributed by atoms with van der Waals surface area (Å²) in [5.74, 6) is -0.197. The van der Waals surface area contributed by atoms with Gasteiger partial charge in [0, 0.05) is 22.8 Å². The Morgan fingerprint density at radius 2 is 1.87 bits per heavy atom. The summed E-state index contributed by atoms with van der Waals surface area (Å²) in [6, 6.07) is 10.4. The Morgan fingerprint density at radius 1 is 1.22 bits per heavy atom. The highest BCUT2D eigenvalue weighted by Crippen LogP contribution is 2.29. The van der Waals surface area contributed by atoms with Crippen molar-refractivity contribution in [1.82, 2.24) is 0 Å². The summed E-state index contributed by atoms with van der Waals surface area (Å²) in [7, 11) is 0. The summed E-state index contributed by atoms with van der Waals surface area (Å²) in [5.41, 5.74) is 0.422. The quantitative estimate of drug-likeness (QED) is 0.640. The molecule has 6 nitrogen and oxygen atoms in total. The van der Waals surface area contributed by atoms with E-state index in [1.807, 2.05) is 0 Å². The second-order valence-electron chi connectivity index (χ2n) is 4.63. The molecule has 23 heavy (non-hydrogen) atoms. The number of hydrogen-bond acceptors (Lipinski definition) is 4. The van der Waals surface area contributed by atoms with Gasteiger partial charge in [-0.1, -0.05) is 23.2 Å². The number of nitro groups is 1. The summed E-state index contributed by atoms with van der Waals surface area (Å²) in [5, 5.41) is 13.9. The fourth-order valence-corrected chi connectivity index (χ4v) is 2.07. The van der Waals surface area contributed by atoms with E-state index in [-0.39, 0.29) is 22.4 Å². The molecule has 1 N–H and O–H groups in total. The van der Waals surface area contributed by atoms with Crippen LogP contribution in [0.2, 0.25) is 10.0 Å². The van der Waals surface area contributed by atoms with Gasteiger partial charge in [0.15, 0.2) is 6.10 Å². The molecule has 2 aromatic carbocycles. The normalized spacial score (nSPS) is 11.6. The van der Waals surface area contributed by atoms with Crippen LogP contribution in [-0.2, 0) is 4.79 Å². The van der Waals surface area contributed by atoms with Crippen molar-refractivity contribution in [3.8, 4) is 5.75 Å². The van der Waals surface area contributed by atoms with Crippen LogP contribution in [0.1, 0.15) is 6.92 Å². The van der Waals surface area contributed by atoms with Crippen LogP contribution >= 0.6 is 23.2 Å². The smallest absolute Gasteiger partial charge is 0.271 e. The summed E-state index contributed by atoms with van der Waals surface area (Å²) in [6.07, 6.45) is -0.843. The fourth-order valence-electron chi connectivity index (χ4n) is 1.72. The standard InChI is InChI=1S/C15H12Cl2N2O4/c1-9(15(20)18-11-4-2-10(16)3-5-11)23-14-7-6-12(19(21)22)8-13(14)17/h2-9H,1H3,(H,18,20)/t9-/m1/s1. The van der Waals surface area contributed by atoms with Crippen molar-refractivity contribution in [3.05, 3.63) is 62.6 Å². The zero-order valence-corrected chi connectivity index (χ0v) is 13.5. The number of non-ortho nitro benzene ring substituents is 1. The minimum Gasteiger partial charge on any atom is -0.479 e. The predicted octanol–water partition coefficient (Wildman–Crippen LogP) is 4.31. The van der Waals surface area contributed by atoms with E-state index in [1.54, 1.807) is 31.2 Å². The van der Waals surface area contributed by atoms with E-state index in [0.717, 1.165) is 0 Å². The number of nitrogens with one attached hydrogen (secondary N) is 1. The molecule has 0 spiro atoms. The van der Waals surface area contributed by atoms with Gasteiger partial charge in [0.2, 0.25) is 0 Å². The van der Waals surface area contributed by atoms with Gasteiger partial charge in [0.25, 0.3) is 11.6 Å². The molecule has 1 atom stereocenters. The van der Waals surface area contributed by atoms with Crippen molar-refractivity contribution in [2.24, 2.45) is 0 Å². The molecule has 0 saturated carbocycles. The Kier molecular flexibility index (Phi) is 5.41. The molecule has 2 aromatic rings. The zero-order chi connectivity index (χ0) is 17.0. The number of hydrogen-bond donors (Lipinski definition) is 1. The molecular weight excluding hydrogens is 343 g/mol. The van der Waals surface area contributed by atoms with Gasteiger partial charge >= 0.3 is 0 Å². The average Bonchev–Trinajstić information content (AvgIpc) is 2.51. The Hall–Kier alpha value is -2.31. The van der Waals surface area contributed by atoms with Crippen molar-refractivity contribution in [3.63, 3.8) is 0 Å². The number of anilines is 1. The van der Waals surface area contributed by atoms with E-state index >= 15 is 0 Å². The zero-order valence-electron chi connectivity index (χ0n) is 12.0. The molecule has 120 valence electrons. The molecule has 0 aliphatic carbocycles. The van der Waals surface area contributed by atoms with Crippen molar-refractivity contribution < 1.29 is 14.5 Å². The van der Waals surface area contributed by atoms with Crippen molar-refractivity contribution >= 4 is 40.5 Å². The van der Waals surface area contributed by atoms with E-state index in [2.05, 4.69) is 5.32 Å². The molecule has 0 fully saturated rings. The Morgan fingerprint density at radius 3 is 2.43 bits per heavy atom. The molecule has 0 aromatic heterocycles. The molecule has 1 amide bonds. The second-order valence-corrected chi connectivity index (χ2v) is 5.47. The number of nitrogens with zero attached hydrogens (tertiary/aromatic N) is 1. The first kappa shape index (κ1) is 17.1. The van der Waals surface area contributed by atoms with Crippen molar-refractivity contribution in [1.29, 1.82) is 0 Å². The Bertz CT molecular complexity index is 735. The first-order chi connectivity index (χ1) is 10.9. The van der Waals surface area contributed by atoms with Gasteiger partial charge in [-0.15, -0.1) is 0 Å². The maximum atomic E-state index is 12.1. The number of ether oxygens (including phenoxy) is 1. The minimum atomic E-state index is -0.843. The van der Waals surface area contributed by atoms with E-state index in [9.17, 15) is 14.9 Å². The van der Waals surface area contributed by atoms with Crippen LogP contribution in [0, 0.1) is 10.1 Å². The third-order valence-corrected chi connectivity index (χ3v) is 3.46. The van der Waals surface area contributed by atoms with Gasteiger partial charge in [-0.2, -0.15) is 0 Å². The summed E-state index contributed by atoms with van der Waals surface area (Å²) < 4.78 is 5.44. The van der Waals surface area contributed by atoms with Gasteiger partial charge < -0.3 is 10.1 Å². The highest BCUT2D eigenvalue weighted by Gasteiger charge is 2.18. The lowest BCUT2D eigenvalue weighted by atomic mass is 10.3. The van der Waals surface area contributed by atoms with Crippen LogP contribution < -0.4 is 10.1 Å². The third-order valence-electron chi connectivity index (χ3n) is 2.91. The number of rotatable bonds is 5. The fraction of sp³-hybridized carbons (Fsp3) is 0.133. The van der Waals surface area contributed by atoms with Crippen molar-refractivity contribution in [2.75, 3.05) is 5.32 Å². The largest absolute Gasteiger partial charge is 0.479 e. The van der Waals surface area contributed by atoms with Crippen molar-refractivity contribution in [2.45, 2.75) is 13.0 Å². The molecule has 0 bridgehead atoms.